The first-order valence-electron chi connectivity index (χ1n) is 7.64. The number of fused-ring (bicyclic) bond motifs is 1. The van der Waals surface area contributed by atoms with Crippen LogP contribution in [-0.2, 0) is 19.1 Å². The molecule has 0 aliphatic carbocycles. The summed E-state index contributed by atoms with van der Waals surface area (Å²) in [6.45, 7) is 1.54. The highest BCUT2D eigenvalue weighted by molar-refractivity contribution is 6.16. The van der Waals surface area contributed by atoms with E-state index in [1.54, 1.807) is 19.2 Å². The summed E-state index contributed by atoms with van der Waals surface area (Å²) in [5, 5.41) is 0.951. The van der Waals surface area contributed by atoms with Gasteiger partial charge < -0.3 is 4.74 Å². The van der Waals surface area contributed by atoms with Gasteiger partial charge in [-0.25, -0.2) is 0 Å². The van der Waals surface area contributed by atoms with Crippen LogP contribution in [0.3, 0.4) is 0 Å². The maximum Gasteiger partial charge on any atom is 0.326 e. The molecule has 1 aliphatic heterocycles. The van der Waals surface area contributed by atoms with E-state index in [-0.39, 0.29) is 25.5 Å². The average Bonchev–Trinajstić information content (AvgIpc) is 2.82. The molecule has 6 heteroatoms. The minimum Gasteiger partial charge on any atom is -0.465 e. The lowest BCUT2D eigenvalue weighted by Gasteiger charge is -2.11. The van der Waals surface area contributed by atoms with Crippen molar-refractivity contribution in [1.82, 2.24) is 9.88 Å². The van der Waals surface area contributed by atoms with Crippen LogP contribution in [0.4, 0.5) is 0 Å². The first kappa shape index (κ1) is 15.9. The standard InChI is InChI=1S/C18H16N2O4/c1-2-24-17(22)11-20-16(21)10-14(18(20)23)9-12-5-6-15-13(8-12)4-3-7-19-15/h3-9H,2,10-11H2,1H3/b14-9+. The van der Waals surface area contributed by atoms with Crippen molar-refractivity contribution in [3.63, 3.8) is 0 Å². The van der Waals surface area contributed by atoms with Crippen LogP contribution in [0.15, 0.2) is 42.1 Å². The highest BCUT2D eigenvalue weighted by Gasteiger charge is 2.35. The van der Waals surface area contributed by atoms with Crippen LogP contribution < -0.4 is 0 Å². The van der Waals surface area contributed by atoms with Gasteiger partial charge in [0.05, 0.1) is 18.5 Å². The molecule has 3 rings (SSSR count). The lowest BCUT2D eigenvalue weighted by atomic mass is 10.1. The number of aromatic nitrogens is 1. The molecule has 0 spiro atoms. The van der Waals surface area contributed by atoms with Crippen LogP contribution in [0.2, 0.25) is 0 Å². The minimum absolute atomic E-state index is 0.0106. The first-order chi connectivity index (χ1) is 11.6. The second-order valence-corrected chi connectivity index (χ2v) is 5.39. The molecular formula is C18H16N2O4. The van der Waals surface area contributed by atoms with Crippen LogP contribution in [0.1, 0.15) is 18.9 Å². The molecule has 0 unspecified atom stereocenters. The van der Waals surface area contributed by atoms with Gasteiger partial charge in [-0.1, -0.05) is 12.1 Å². The number of ether oxygens (including phenoxy) is 1. The summed E-state index contributed by atoms with van der Waals surface area (Å²) < 4.78 is 4.79. The molecule has 1 aromatic carbocycles. The highest BCUT2D eigenvalue weighted by Crippen LogP contribution is 2.23. The predicted octanol–water partition coefficient (Wildman–Crippen LogP) is 1.94. The van der Waals surface area contributed by atoms with E-state index in [4.69, 9.17) is 4.74 Å². The van der Waals surface area contributed by atoms with Crippen molar-refractivity contribution in [1.29, 1.82) is 0 Å². The Labute approximate surface area is 138 Å². The molecule has 1 aliphatic rings. The molecule has 0 N–H and O–H groups in total. The third-order valence-electron chi connectivity index (χ3n) is 3.72. The van der Waals surface area contributed by atoms with Gasteiger partial charge in [0, 0.05) is 17.2 Å². The fraction of sp³-hybridized carbons (Fsp3) is 0.222. The van der Waals surface area contributed by atoms with Crippen LogP contribution in [-0.4, -0.2) is 40.8 Å². The zero-order valence-electron chi connectivity index (χ0n) is 13.2. The van der Waals surface area contributed by atoms with Crippen LogP contribution in [0, 0.1) is 0 Å². The molecule has 24 heavy (non-hydrogen) atoms. The van der Waals surface area contributed by atoms with E-state index in [9.17, 15) is 14.4 Å². The zero-order valence-corrected chi connectivity index (χ0v) is 13.2. The second kappa shape index (κ2) is 6.62. The van der Waals surface area contributed by atoms with Crippen molar-refractivity contribution < 1.29 is 19.1 Å². The van der Waals surface area contributed by atoms with Crippen molar-refractivity contribution >= 4 is 34.8 Å². The van der Waals surface area contributed by atoms with Gasteiger partial charge in [-0.15, -0.1) is 0 Å². The van der Waals surface area contributed by atoms with Gasteiger partial charge in [0.2, 0.25) is 5.91 Å². The van der Waals surface area contributed by atoms with E-state index in [0.717, 1.165) is 21.4 Å². The lowest BCUT2D eigenvalue weighted by Crippen LogP contribution is -2.35. The molecule has 0 saturated carbocycles. The molecule has 6 nitrogen and oxygen atoms in total. The Morgan fingerprint density at radius 1 is 1.33 bits per heavy atom. The third kappa shape index (κ3) is 3.17. The van der Waals surface area contributed by atoms with Gasteiger partial charge in [0.15, 0.2) is 0 Å². The smallest absolute Gasteiger partial charge is 0.326 e. The van der Waals surface area contributed by atoms with Crippen molar-refractivity contribution in [3.8, 4) is 0 Å². The van der Waals surface area contributed by atoms with E-state index >= 15 is 0 Å². The summed E-state index contributed by atoms with van der Waals surface area (Å²) in [7, 11) is 0. The fourth-order valence-electron chi connectivity index (χ4n) is 2.61. The Bertz CT molecular complexity index is 857. The predicted molar refractivity (Wildman–Crippen MR) is 87.7 cm³/mol. The first-order valence-corrected chi connectivity index (χ1v) is 7.64. The molecule has 0 radical (unpaired) electrons. The van der Waals surface area contributed by atoms with Crippen LogP contribution in [0.5, 0.6) is 0 Å². The maximum absolute atomic E-state index is 12.3. The minimum atomic E-state index is -0.586. The molecule has 2 amide bonds. The Hall–Kier alpha value is -3.02. The van der Waals surface area contributed by atoms with Gasteiger partial charge in [-0.05, 0) is 36.8 Å². The number of amides is 2. The third-order valence-corrected chi connectivity index (χ3v) is 3.72. The summed E-state index contributed by atoms with van der Waals surface area (Å²) >= 11 is 0. The molecular weight excluding hydrogens is 308 g/mol. The summed E-state index contributed by atoms with van der Waals surface area (Å²) in [6, 6.07) is 9.37. The average molecular weight is 324 g/mol. The van der Waals surface area contributed by atoms with Gasteiger partial charge in [0.1, 0.15) is 6.54 Å². The molecule has 1 fully saturated rings. The number of benzene rings is 1. The number of carbonyl (C=O) groups excluding carboxylic acids is 3. The molecule has 0 atom stereocenters. The quantitative estimate of drug-likeness (QED) is 0.488. The van der Waals surface area contributed by atoms with Gasteiger partial charge in [-0.2, -0.15) is 0 Å². The van der Waals surface area contributed by atoms with Crippen molar-refractivity contribution in [2.75, 3.05) is 13.2 Å². The number of esters is 1. The van der Waals surface area contributed by atoms with Gasteiger partial charge in [0.25, 0.3) is 5.91 Å². The molecule has 122 valence electrons. The molecule has 1 aromatic heterocycles. The van der Waals surface area contributed by atoms with E-state index in [2.05, 4.69) is 4.98 Å². The van der Waals surface area contributed by atoms with Crippen molar-refractivity contribution in [2.24, 2.45) is 0 Å². The summed E-state index contributed by atoms with van der Waals surface area (Å²) in [5.74, 6) is -1.42. The fourth-order valence-corrected chi connectivity index (χ4v) is 2.61. The second-order valence-electron chi connectivity index (χ2n) is 5.39. The number of hydrogen-bond donors (Lipinski definition) is 0. The van der Waals surface area contributed by atoms with Crippen LogP contribution >= 0.6 is 0 Å². The Morgan fingerprint density at radius 3 is 2.96 bits per heavy atom. The monoisotopic (exact) mass is 324 g/mol. The van der Waals surface area contributed by atoms with E-state index in [0.29, 0.717) is 5.57 Å². The van der Waals surface area contributed by atoms with E-state index in [1.165, 1.54) is 0 Å². The lowest BCUT2D eigenvalue weighted by molar-refractivity contribution is -0.151. The Morgan fingerprint density at radius 2 is 2.17 bits per heavy atom. The number of nitrogens with zero attached hydrogens (tertiary/aromatic N) is 2. The van der Waals surface area contributed by atoms with Crippen LogP contribution in [0.25, 0.3) is 17.0 Å². The topological polar surface area (TPSA) is 76.6 Å². The Balaban J connectivity index is 1.83. The molecule has 1 saturated heterocycles. The highest BCUT2D eigenvalue weighted by atomic mass is 16.5. The number of likely N-dealkylation sites (tertiary alicyclic amines) is 1. The summed E-state index contributed by atoms with van der Waals surface area (Å²) in [6.07, 6.45) is 3.38. The number of carbonyl (C=O) groups is 3. The number of hydrogen-bond acceptors (Lipinski definition) is 5. The molecule has 2 aromatic rings. The number of rotatable bonds is 4. The van der Waals surface area contributed by atoms with Gasteiger partial charge >= 0.3 is 5.97 Å². The summed E-state index contributed by atoms with van der Waals surface area (Å²) in [5.41, 5.74) is 2.04. The van der Waals surface area contributed by atoms with Gasteiger partial charge in [-0.3, -0.25) is 24.3 Å². The maximum atomic E-state index is 12.3. The normalized spacial score (nSPS) is 16.2. The van der Waals surface area contributed by atoms with E-state index in [1.807, 2.05) is 30.3 Å². The largest absolute Gasteiger partial charge is 0.465 e. The van der Waals surface area contributed by atoms with Crippen molar-refractivity contribution in [2.45, 2.75) is 13.3 Å². The zero-order chi connectivity index (χ0) is 17.1. The SMILES string of the molecule is CCOC(=O)CN1C(=O)C/C(=C\c2ccc3ncccc3c2)C1=O. The molecule has 0 bridgehead atoms. The van der Waals surface area contributed by atoms with E-state index < -0.39 is 11.9 Å². The number of imide groups is 1. The summed E-state index contributed by atoms with van der Waals surface area (Å²) in [4.78, 5) is 41.0. The van der Waals surface area contributed by atoms with Crippen molar-refractivity contribution in [3.05, 3.63) is 47.7 Å². The number of pyridine rings is 1. The molecule has 2 heterocycles. The Kier molecular flexibility index (Phi) is 4.37.